The number of nitrogens with one attached hydrogen (secondary N) is 1. The van der Waals surface area contributed by atoms with Gasteiger partial charge in [-0.05, 0) is 24.6 Å². The summed E-state index contributed by atoms with van der Waals surface area (Å²) in [7, 11) is 4.76. The molecule has 0 spiro atoms. The van der Waals surface area contributed by atoms with Crippen LogP contribution in [0.25, 0.3) is 0 Å². The predicted octanol–water partition coefficient (Wildman–Crippen LogP) is 2.63. The standard InChI is InChI=1S/C24H30N2O5/c1-16-8-5-6-9-17(16)24(28)26-14-19(20(15-26)23(27)25-12-13-29-2)18-10-7-11-21(30-3)22(18)31-4/h5-11,19-20H,12-15H2,1-4H3,(H,25,27). The third-order valence-corrected chi connectivity index (χ3v) is 5.76. The first-order chi connectivity index (χ1) is 15.0. The summed E-state index contributed by atoms with van der Waals surface area (Å²) >= 11 is 0. The third kappa shape index (κ3) is 4.82. The Morgan fingerprint density at radius 1 is 1.03 bits per heavy atom. The minimum Gasteiger partial charge on any atom is -0.493 e. The monoisotopic (exact) mass is 426 g/mol. The number of methoxy groups -OCH3 is 3. The molecule has 0 bridgehead atoms. The van der Waals surface area contributed by atoms with Gasteiger partial charge in [0.1, 0.15) is 0 Å². The van der Waals surface area contributed by atoms with Crippen molar-refractivity contribution >= 4 is 11.8 Å². The van der Waals surface area contributed by atoms with Gasteiger partial charge in [0.2, 0.25) is 5.91 Å². The fourth-order valence-corrected chi connectivity index (χ4v) is 4.15. The molecule has 7 nitrogen and oxygen atoms in total. The Bertz CT molecular complexity index is 930. The van der Waals surface area contributed by atoms with Crippen LogP contribution in [0.4, 0.5) is 0 Å². The number of carbonyl (C=O) groups is 2. The second kappa shape index (κ2) is 10.3. The van der Waals surface area contributed by atoms with Crippen molar-refractivity contribution in [1.82, 2.24) is 10.2 Å². The van der Waals surface area contributed by atoms with Gasteiger partial charge in [-0.1, -0.05) is 30.3 Å². The molecule has 7 heteroatoms. The van der Waals surface area contributed by atoms with Crippen LogP contribution in [-0.4, -0.2) is 64.3 Å². The van der Waals surface area contributed by atoms with E-state index in [2.05, 4.69) is 5.32 Å². The lowest BCUT2D eigenvalue weighted by atomic mass is 9.87. The molecule has 166 valence electrons. The number of carbonyl (C=O) groups excluding carboxylic acids is 2. The SMILES string of the molecule is COCCNC(=O)C1CN(C(=O)c2ccccc2C)CC1c1cccc(OC)c1OC. The number of rotatable bonds is 8. The molecule has 2 aromatic rings. The summed E-state index contributed by atoms with van der Waals surface area (Å²) in [5.41, 5.74) is 2.42. The van der Waals surface area contributed by atoms with E-state index >= 15 is 0 Å². The van der Waals surface area contributed by atoms with Gasteiger partial charge in [-0.3, -0.25) is 9.59 Å². The molecule has 0 saturated carbocycles. The van der Waals surface area contributed by atoms with E-state index in [0.29, 0.717) is 43.3 Å². The van der Waals surface area contributed by atoms with Crippen molar-refractivity contribution in [1.29, 1.82) is 0 Å². The second-order valence-electron chi connectivity index (χ2n) is 7.60. The molecule has 1 fully saturated rings. The van der Waals surface area contributed by atoms with Gasteiger partial charge in [-0.25, -0.2) is 0 Å². The molecule has 31 heavy (non-hydrogen) atoms. The highest BCUT2D eigenvalue weighted by Crippen LogP contribution is 2.42. The van der Waals surface area contributed by atoms with Crippen molar-refractivity contribution in [3.63, 3.8) is 0 Å². The minimum absolute atomic E-state index is 0.0721. The van der Waals surface area contributed by atoms with Crippen molar-refractivity contribution in [2.24, 2.45) is 5.92 Å². The Morgan fingerprint density at radius 2 is 1.81 bits per heavy atom. The quantitative estimate of drug-likeness (QED) is 0.657. The molecule has 3 rings (SSSR count). The summed E-state index contributed by atoms with van der Waals surface area (Å²) in [6, 6.07) is 13.1. The summed E-state index contributed by atoms with van der Waals surface area (Å²) in [5.74, 6) is 0.382. The molecule has 1 saturated heterocycles. The highest BCUT2D eigenvalue weighted by molar-refractivity contribution is 5.96. The number of likely N-dealkylation sites (tertiary alicyclic amines) is 1. The number of amides is 2. The Labute approximate surface area is 183 Å². The summed E-state index contributed by atoms with van der Waals surface area (Å²) in [6.45, 7) is 3.51. The average molecular weight is 427 g/mol. The van der Waals surface area contributed by atoms with E-state index < -0.39 is 5.92 Å². The Hall–Kier alpha value is -3.06. The summed E-state index contributed by atoms with van der Waals surface area (Å²) in [4.78, 5) is 28.1. The first kappa shape index (κ1) is 22.6. The summed E-state index contributed by atoms with van der Waals surface area (Å²) in [6.07, 6.45) is 0. The van der Waals surface area contributed by atoms with Gasteiger partial charge in [0, 0.05) is 43.8 Å². The Kier molecular flexibility index (Phi) is 7.52. The van der Waals surface area contributed by atoms with Crippen LogP contribution in [0.5, 0.6) is 11.5 Å². The molecule has 2 atom stereocenters. The maximum atomic E-state index is 13.3. The normalized spacial score (nSPS) is 18.0. The fraction of sp³-hybridized carbons (Fsp3) is 0.417. The first-order valence-electron chi connectivity index (χ1n) is 10.3. The van der Waals surface area contributed by atoms with Crippen LogP contribution in [0.1, 0.15) is 27.4 Å². The first-order valence-corrected chi connectivity index (χ1v) is 10.3. The topological polar surface area (TPSA) is 77.1 Å². The molecule has 1 N–H and O–H groups in total. The summed E-state index contributed by atoms with van der Waals surface area (Å²) in [5, 5.41) is 2.93. The molecule has 1 heterocycles. The molecule has 1 aliphatic heterocycles. The van der Waals surface area contributed by atoms with Crippen molar-refractivity contribution < 1.29 is 23.8 Å². The van der Waals surface area contributed by atoms with Crippen LogP contribution >= 0.6 is 0 Å². The average Bonchev–Trinajstić information content (AvgIpc) is 3.24. The van der Waals surface area contributed by atoms with Crippen molar-refractivity contribution in [3.05, 3.63) is 59.2 Å². The maximum Gasteiger partial charge on any atom is 0.254 e. The van der Waals surface area contributed by atoms with Crippen molar-refractivity contribution in [2.75, 3.05) is 47.6 Å². The molecule has 1 aliphatic rings. The number of hydrogen-bond acceptors (Lipinski definition) is 5. The van der Waals surface area contributed by atoms with Gasteiger partial charge in [0.25, 0.3) is 5.91 Å². The van der Waals surface area contributed by atoms with Crippen LogP contribution < -0.4 is 14.8 Å². The second-order valence-corrected chi connectivity index (χ2v) is 7.60. The Balaban J connectivity index is 1.94. The minimum atomic E-state index is -0.411. The highest BCUT2D eigenvalue weighted by atomic mass is 16.5. The Morgan fingerprint density at radius 3 is 2.48 bits per heavy atom. The number of benzene rings is 2. The molecule has 2 amide bonds. The zero-order valence-corrected chi connectivity index (χ0v) is 18.5. The lowest BCUT2D eigenvalue weighted by Gasteiger charge is -2.21. The summed E-state index contributed by atoms with van der Waals surface area (Å²) < 4.78 is 16.1. The maximum absolute atomic E-state index is 13.3. The fourth-order valence-electron chi connectivity index (χ4n) is 4.15. The molecular weight excluding hydrogens is 396 g/mol. The van der Waals surface area contributed by atoms with Gasteiger partial charge in [0.15, 0.2) is 11.5 Å². The van der Waals surface area contributed by atoms with E-state index in [1.165, 1.54) is 0 Å². The van der Waals surface area contributed by atoms with E-state index in [-0.39, 0.29) is 17.7 Å². The highest BCUT2D eigenvalue weighted by Gasteiger charge is 2.42. The van der Waals surface area contributed by atoms with E-state index in [1.54, 1.807) is 26.2 Å². The largest absolute Gasteiger partial charge is 0.493 e. The van der Waals surface area contributed by atoms with E-state index in [0.717, 1.165) is 11.1 Å². The van der Waals surface area contributed by atoms with Gasteiger partial charge < -0.3 is 24.4 Å². The lowest BCUT2D eigenvalue weighted by molar-refractivity contribution is -0.125. The molecule has 2 aromatic carbocycles. The smallest absolute Gasteiger partial charge is 0.254 e. The van der Waals surface area contributed by atoms with Crippen LogP contribution in [0.3, 0.4) is 0 Å². The molecule has 0 radical (unpaired) electrons. The van der Waals surface area contributed by atoms with Gasteiger partial charge in [-0.2, -0.15) is 0 Å². The van der Waals surface area contributed by atoms with Gasteiger partial charge in [0.05, 0.1) is 26.7 Å². The van der Waals surface area contributed by atoms with Crippen LogP contribution in [-0.2, 0) is 9.53 Å². The van der Waals surface area contributed by atoms with Crippen LogP contribution in [0.2, 0.25) is 0 Å². The van der Waals surface area contributed by atoms with Crippen LogP contribution in [0.15, 0.2) is 42.5 Å². The van der Waals surface area contributed by atoms with E-state index in [9.17, 15) is 9.59 Å². The number of hydrogen-bond donors (Lipinski definition) is 1. The molecular formula is C24H30N2O5. The molecule has 0 aliphatic carbocycles. The van der Waals surface area contributed by atoms with Crippen molar-refractivity contribution in [3.8, 4) is 11.5 Å². The number of ether oxygens (including phenoxy) is 3. The van der Waals surface area contributed by atoms with E-state index in [1.807, 2.05) is 49.4 Å². The number of aryl methyl sites for hydroxylation is 1. The zero-order chi connectivity index (χ0) is 22.4. The molecule has 2 unspecified atom stereocenters. The van der Waals surface area contributed by atoms with Crippen molar-refractivity contribution in [2.45, 2.75) is 12.8 Å². The van der Waals surface area contributed by atoms with Gasteiger partial charge in [-0.15, -0.1) is 0 Å². The third-order valence-electron chi connectivity index (χ3n) is 5.76. The van der Waals surface area contributed by atoms with E-state index in [4.69, 9.17) is 14.2 Å². The zero-order valence-electron chi connectivity index (χ0n) is 18.5. The lowest BCUT2D eigenvalue weighted by Crippen LogP contribution is -2.37. The number of para-hydroxylation sites is 1. The predicted molar refractivity (Wildman–Crippen MR) is 118 cm³/mol. The number of nitrogens with zero attached hydrogens (tertiary/aromatic N) is 1. The van der Waals surface area contributed by atoms with Gasteiger partial charge >= 0.3 is 0 Å². The van der Waals surface area contributed by atoms with Crippen LogP contribution in [0, 0.1) is 12.8 Å². The molecule has 0 aromatic heterocycles.